The van der Waals surface area contributed by atoms with Crippen LogP contribution in [0.15, 0.2) is 48.5 Å². The van der Waals surface area contributed by atoms with Crippen LogP contribution in [0, 0.1) is 0 Å². The molecule has 0 unspecified atom stereocenters. The van der Waals surface area contributed by atoms with Gasteiger partial charge in [-0.15, -0.1) is 0 Å². The smallest absolute Gasteiger partial charge is 0.407 e. The van der Waals surface area contributed by atoms with Gasteiger partial charge in [-0.2, -0.15) is 0 Å². The number of hydrogen-bond donors (Lipinski definition) is 3. The molecule has 0 bridgehead atoms. The molecule has 2 aromatic carbocycles. The van der Waals surface area contributed by atoms with Gasteiger partial charge in [0.05, 0.1) is 12.6 Å². The van der Waals surface area contributed by atoms with Crippen molar-refractivity contribution in [2.24, 2.45) is 0 Å². The number of rotatable bonds is 6. The summed E-state index contributed by atoms with van der Waals surface area (Å²) >= 11 is 0. The fourth-order valence-electron chi connectivity index (χ4n) is 3.17. The van der Waals surface area contributed by atoms with Crippen LogP contribution in [0.3, 0.4) is 0 Å². The minimum atomic E-state index is -0.579. The first-order chi connectivity index (χ1) is 11.7. The van der Waals surface area contributed by atoms with Crippen LogP contribution in [0.25, 0.3) is 11.1 Å². The molecular weight excluding hydrogens is 306 g/mol. The lowest BCUT2D eigenvalue weighted by atomic mass is 9.98. The lowest BCUT2D eigenvalue weighted by Gasteiger charge is -2.17. The Kier molecular flexibility index (Phi) is 5.13. The minimum Gasteiger partial charge on any atom is -0.449 e. The maximum atomic E-state index is 11.9. The summed E-state index contributed by atoms with van der Waals surface area (Å²) in [5.41, 5.74) is 4.66. The van der Waals surface area contributed by atoms with E-state index in [-0.39, 0.29) is 25.7 Å². The number of benzene rings is 2. The molecule has 3 N–H and O–H groups in total. The summed E-state index contributed by atoms with van der Waals surface area (Å²) < 4.78 is 5.38. The fraction of sp³-hybridized carbons (Fsp3) is 0.316. The Labute approximate surface area is 140 Å². The third-order valence-electron chi connectivity index (χ3n) is 4.36. The van der Waals surface area contributed by atoms with Crippen molar-refractivity contribution in [1.29, 1.82) is 0 Å². The average Bonchev–Trinajstić information content (AvgIpc) is 2.93. The first-order valence-electron chi connectivity index (χ1n) is 8.07. The van der Waals surface area contributed by atoms with Crippen molar-refractivity contribution in [3.8, 4) is 11.1 Å². The molecule has 24 heavy (non-hydrogen) atoms. The number of aliphatic hydroxyl groups excluding tert-OH is 2. The topological polar surface area (TPSA) is 78.8 Å². The van der Waals surface area contributed by atoms with E-state index < -0.39 is 12.1 Å². The summed E-state index contributed by atoms with van der Waals surface area (Å²) in [5, 5.41) is 20.6. The predicted octanol–water partition coefficient (Wildman–Crippen LogP) is 2.27. The summed E-state index contributed by atoms with van der Waals surface area (Å²) in [7, 11) is 0. The number of fused-ring (bicyclic) bond motifs is 3. The zero-order valence-electron chi connectivity index (χ0n) is 13.3. The molecule has 1 aliphatic rings. The van der Waals surface area contributed by atoms with Gasteiger partial charge in [0.25, 0.3) is 0 Å². The highest BCUT2D eigenvalue weighted by atomic mass is 16.5. The molecular formula is C19H21NO4. The van der Waals surface area contributed by atoms with Crippen LogP contribution in [0.5, 0.6) is 0 Å². The van der Waals surface area contributed by atoms with Gasteiger partial charge in [-0.05, 0) is 28.7 Å². The highest BCUT2D eigenvalue weighted by molar-refractivity contribution is 5.79. The van der Waals surface area contributed by atoms with Gasteiger partial charge in [0.15, 0.2) is 0 Å². The van der Waals surface area contributed by atoms with Crippen molar-refractivity contribution in [1.82, 2.24) is 5.32 Å². The maximum Gasteiger partial charge on any atom is 0.407 e. The normalized spacial score (nSPS) is 13.9. The van der Waals surface area contributed by atoms with Crippen molar-refractivity contribution < 1.29 is 19.7 Å². The van der Waals surface area contributed by atoms with Gasteiger partial charge >= 0.3 is 6.09 Å². The molecule has 0 aromatic heterocycles. The van der Waals surface area contributed by atoms with E-state index in [1.165, 1.54) is 11.1 Å². The predicted molar refractivity (Wildman–Crippen MR) is 90.8 cm³/mol. The van der Waals surface area contributed by atoms with Crippen molar-refractivity contribution in [3.63, 3.8) is 0 Å². The summed E-state index contributed by atoms with van der Waals surface area (Å²) in [6, 6.07) is 15.8. The maximum absolute atomic E-state index is 11.9. The number of carbonyl (C=O) groups is 1. The van der Waals surface area contributed by atoms with Crippen LogP contribution >= 0.6 is 0 Å². The highest BCUT2D eigenvalue weighted by Gasteiger charge is 2.29. The van der Waals surface area contributed by atoms with Crippen LogP contribution < -0.4 is 5.32 Å². The molecule has 1 aliphatic carbocycles. The van der Waals surface area contributed by atoms with Crippen LogP contribution in [0.1, 0.15) is 23.5 Å². The van der Waals surface area contributed by atoms with Gasteiger partial charge in [0.1, 0.15) is 6.61 Å². The largest absolute Gasteiger partial charge is 0.449 e. The molecule has 0 radical (unpaired) electrons. The van der Waals surface area contributed by atoms with E-state index in [1.54, 1.807) is 0 Å². The average molecular weight is 327 g/mol. The van der Waals surface area contributed by atoms with E-state index >= 15 is 0 Å². The number of amides is 1. The molecule has 0 saturated carbocycles. The SMILES string of the molecule is O=C(N[C@@H](CO)CCO)OCC1c2ccccc2-c2ccccc21. The molecule has 0 heterocycles. The number of carbonyl (C=O) groups excluding carboxylic acids is 1. The van der Waals surface area contributed by atoms with Crippen molar-refractivity contribution in [2.75, 3.05) is 19.8 Å². The Balaban J connectivity index is 1.70. The molecule has 5 heteroatoms. The van der Waals surface area contributed by atoms with Gasteiger partial charge in [-0.3, -0.25) is 0 Å². The minimum absolute atomic E-state index is 0.00793. The standard InChI is InChI=1S/C19H21NO4/c21-10-9-13(11-22)20-19(23)24-12-18-16-7-3-1-5-14(16)15-6-2-4-8-17(15)18/h1-8,13,18,21-22H,9-12H2,(H,20,23)/t13-/m1/s1. The Morgan fingerprint density at radius 1 is 1.04 bits per heavy atom. The van der Waals surface area contributed by atoms with Gasteiger partial charge in [0.2, 0.25) is 0 Å². The molecule has 2 aromatic rings. The second kappa shape index (κ2) is 7.47. The van der Waals surface area contributed by atoms with Gasteiger partial charge in [-0.1, -0.05) is 48.5 Å². The van der Waals surface area contributed by atoms with Gasteiger partial charge in [-0.25, -0.2) is 4.79 Å². The molecule has 3 rings (SSSR count). The Bertz CT molecular complexity index is 671. The number of nitrogens with one attached hydrogen (secondary N) is 1. The molecule has 126 valence electrons. The summed E-state index contributed by atoms with van der Waals surface area (Å²) in [6.07, 6.45) is -0.287. The van der Waals surface area contributed by atoms with E-state index in [4.69, 9.17) is 14.9 Å². The molecule has 0 saturated heterocycles. The molecule has 0 fully saturated rings. The highest BCUT2D eigenvalue weighted by Crippen LogP contribution is 2.44. The van der Waals surface area contributed by atoms with Crippen LogP contribution in [0.2, 0.25) is 0 Å². The molecule has 0 aliphatic heterocycles. The van der Waals surface area contributed by atoms with Gasteiger partial charge < -0.3 is 20.3 Å². The number of aliphatic hydroxyl groups is 2. The first-order valence-corrected chi connectivity index (χ1v) is 8.07. The Hall–Kier alpha value is -2.37. The number of alkyl carbamates (subject to hydrolysis) is 1. The summed E-state index contributed by atoms with van der Waals surface area (Å²) in [6.45, 7) is -0.100. The van der Waals surface area contributed by atoms with Crippen LogP contribution in [-0.2, 0) is 4.74 Å². The fourth-order valence-corrected chi connectivity index (χ4v) is 3.17. The van der Waals surface area contributed by atoms with E-state index in [0.717, 1.165) is 11.1 Å². The van der Waals surface area contributed by atoms with E-state index in [9.17, 15) is 4.79 Å². The zero-order chi connectivity index (χ0) is 16.9. The van der Waals surface area contributed by atoms with E-state index in [1.807, 2.05) is 24.3 Å². The zero-order valence-corrected chi connectivity index (χ0v) is 13.3. The Morgan fingerprint density at radius 3 is 2.17 bits per heavy atom. The quantitative estimate of drug-likeness (QED) is 0.760. The number of ether oxygens (including phenoxy) is 1. The van der Waals surface area contributed by atoms with E-state index in [2.05, 4.69) is 29.6 Å². The number of hydrogen-bond acceptors (Lipinski definition) is 4. The first kappa shape index (κ1) is 16.5. The lowest BCUT2D eigenvalue weighted by Crippen LogP contribution is -2.39. The second-order valence-corrected chi connectivity index (χ2v) is 5.86. The van der Waals surface area contributed by atoms with E-state index in [0.29, 0.717) is 6.42 Å². The van der Waals surface area contributed by atoms with Crippen LogP contribution in [0.4, 0.5) is 4.79 Å². The summed E-state index contributed by atoms with van der Waals surface area (Å²) in [5.74, 6) is 0.00793. The Morgan fingerprint density at radius 2 is 1.62 bits per heavy atom. The second-order valence-electron chi connectivity index (χ2n) is 5.86. The molecule has 0 spiro atoms. The summed E-state index contributed by atoms with van der Waals surface area (Å²) in [4.78, 5) is 11.9. The molecule has 5 nitrogen and oxygen atoms in total. The lowest BCUT2D eigenvalue weighted by molar-refractivity contribution is 0.128. The van der Waals surface area contributed by atoms with Crippen LogP contribution in [-0.4, -0.2) is 42.2 Å². The van der Waals surface area contributed by atoms with Crippen molar-refractivity contribution in [3.05, 3.63) is 59.7 Å². The molecule has 1 atom stereocenters. The molecule has 1 amide bonds. The van der Waals surface area contributed by atoms with Gasteiger partial charge in [0, 0.05) is 12.5 Å². The monoisotopic (exact) mass is 327 g/mol. The van der Waals surface area contributed by atoms with Crippen molar-refractivity contribution >= 4 is 6.09 Å². The third-order valence-corrected chi connectivity index (χ3v) is 4.36. The van der Waals surface area contributed by atoms with Crippen molar-refractivity contribution in [2.45, 2.75) is 18.4 Å². The third kappa shape index (κ3) is 3.27.